The van der Waals surface area contributed by atoms with E-state index in [2.05, 4.69) is 10.3 Å². The van der Waals surface area contributed by atoms with Gasteiger partial charge in [-0.1, -0.05) is 17.7 Å². The minimum absolute atomic E-state index is 0.277. The van der Waals surface area contributed by atoms with Crippen molar-refractivity contribution in [1.82, 2.24) is 10.3 Å². The summed E-state index contributed by atoms with van der Waals surface area (Å²) in [6.07, 6.45) is 1.64. The largest absolute Gasteiger partial charge is 0.481 e. The molecule has 2 aromatic rings. The standard InChI is InChI=1S/C14H14ClN3O2/c1-20-13-5-2-9(7-17-13)8-18-14(19)11-6-10(15)3-4-12(11)16/h2-7H,8,16H2,1H3,(H,18,19). The van der Waals surface area contributed by atoms with Crippen molar-refractivity contribution in [1.29, 1.82) is 0 Å². The SMILES string of the molecule is COc1ccc(CNC(=O)c2cc(Cl)ccc2N)cn1. The van der Waals surface area contributed by atoms with Crippen molar-refractivity contribution in [2.24, 2.45) is 0 Å². The van der Waals surface area contributed by atoms with Gasteiger partial charge in [-0.3, -0.25) is 4.79 Å². The average Bonchev–Trinajstić information content (AvgIpc) is 2.47. The monoisotopic (exact) mass is 291 g/mol. The smallest absolute Gasteiger partial charge is 0.253 e. The Balaban J connectivity index is 2.02. The van der Waals surface area contributed by atoms with Crippen LogP contribution in [0.1, 0.15) is 15.9 Å². The molecule has 0 unspecified atom stereocenters. The Morgan fingerprint density at radius 1 is 1.40 bits per heavy atom. The molecule has 3 N–H and O–H groups in total. The third kappa shape index (κ3) is 3.39. The van der Waals surface area contributed by atoms with Crippen molar-refractivity contribution in [2.45, 2.75) is 6.54 Å². The number of halogens is 1. The Labute approximate surface area is 121 Å². The van der Waals surface area contributed by atoms with Gasteiger partial charge in [-0.25, -0.2) is 4.98 Å². The summed E-state index contributed by atoms with van der Waals surface area (Å²) >= 11 is 5.85. The predicted molar refractivity (Wildman–Crippen MR) is 77.8 cm³/mol. The zero-order valence-corrected chi connectivity index (χ0v) is 11.6. The molecular weight excluding hydrogens is 278 g/mol. The zero-order chi connectivity index (χ0) is 14.5. The topological polar surface area (TPSA) is 77.2 Å². The van der Waals surface area contributed by atoms with Crippen LogP contribution in [0.25, 0.3) is 0 Å². The molecule has 0 spiro atoms. The van der Waals surface area contributed by atoms with Crippen LogP contribution >= 0.6 is 11.6 Å². The predicted octanol–water partition coefficient (Wildman–Crippen LogP) is 2.26. The van der Waals surface area contributed by atoms with Crippen molar-refractivity contribution in [3.63, 3.8) is 0 Å². The van der Waals surface area contributed by atoms with Crippen LogP contribution in [-0.4, -0.2) is 18.0 Å². The summed E-state index contributed by atoms with van der Waals surface area (Å²) in [5.74, 6) is 0.250. The second-order valence-electron chi connectivity index (χ2n) is 4.12. The van der Waals surface area contributed by atoms with E-state index in [9.17, 15) is 4.79 Å². The van der Waals surface area contributed by atoms with Crippen molar-refractivity contribution < 1.29 is 9.53 Å². The minimum atomic E-state index is -0.277. The van der Waals surface area contributed by atoms with Gasteiger partial charge in [0.2, 0.25) is 5.88 Å². The van der Waals surface area contributed by atoms with Crippen LogP contribution in [0.3, 0.4) is 0 Å². The van der Waals surface area contributed by atoms with E-state index in [0.29, 0.717) is 28.7 Å². The van der Waals surface area contributed by atoms with Crippen molar-refractivity contribution in [2.75, 3.05) is 12.8 Å². The number of rotatable bonds is 4. The summed E-state index contributed by atoms with van der Waals surface area (Å²) in [4.78, 5) is 16.1. The van der Waals surface area contributed by atoms with Crippen LogP contribution in [0.4, 0.5) is 5.69 Å². The molecule has 0 radical (unpaired) electrons. The Morgan fingerprint density at radius 2 is 2.20 bits per heavy atom. The first-order valence-corrected chi connectivity index (χ1v) is 6.30. The molecule has 0 bridgehead atoms. The van der Waals surface area contributed by atoms with E-state index in [4.69, 9.17) is 22.1 Å². The molecule has 1 aromatic heterocycles. The van der Waals surface area contributed by atoms with Crippen LogP contribution < -0.4 is 15.8 Å². The lowest BCUT2D eigenvalue weighted by Crippen LogP contribution is -2.23. The quantitative estimate of drug-likeness (QED) is 0.847. The Kier molecular flexibility index (Phi) is 4.42. The average molecular weight is 292 g/mol. The molecule has 20 heavy (non-hydrogen) atoms. The lowest BCUT2D eigenvalue weighted by Gasteiger charge is -2.08. The molecular formula is C14H14ClN3O2. The molecule has 104 valence electrons. The van der Waals surface area contributed by atoms with E-state index >= 15 is 0 Å². The number of nitrogen functional groups attached to an aromatic ring is 1. The number of anilines is 1. The van der Waals surface area contributed by atoms with Crippen LogP contribution in [0.5, 0.6) is 5.88 Å². The highest BCUT2D eigenvalue weighted by Crippen LogP contribution is 2.17. The number of hydrogen-bond donors (Lipinski definition) is 2. The highest BCUT2D eigenvalue weighted by Gasteiger charge is 2.10. The zero-order valence-electron chi connectivity index (χ0n) is 10.9. The highest BCUT2D eigenvalue weighted by atomic mass is 35.5. The number of nitrogens with two attached hydrogens (primary N) is 1. The number of ether oxygens (including phenoxy) is 1. The molecule has 0 aliphatic rings. The van der Waals surface area contributed by atoms with Crippen molar-refractivity contribution in [3.05, 3.63) is 52.7 Å². The number of aromatic nitrogens is 1. The number of benzene rings is 1. The fourth-order valence-electron chi connectivity index (χ4n) is 1.64. The molecule has 0 saturated heterocycles. The van der Waals surface area contributed by atoms with Crippen molar-refractivity contribution >= 4 is 23.2 Å². The van der Waals surface area contributed by atoms with E-state index in [0.717, 1.165) is 5.56 Å². The summed E-state index contributed by atoms with van der Waals surface area (Å²) in [5, 5.41) is 3.23. The maximum atomic E-state index is 12.0. The molecule has 1 aromatic carbocycles. The highest BCUT2D eigenvalue weighted by molar-refractivity contribution is 6.31. The van der Waals surface area contributed by atoms with E-state index < -0.39 is 0 Å². The fourth-order valence-corrected chi connectivity index (χ4v) is 1.81. The lowest BCUT2D eigenvalue weighted by molar-refractivity contribution is 0.0952. The van der Waals surface area contributed by atoms with Gasteiger partial charge >= 0.3 is 0 Å². The lowest BCUT2D eigenvalue weighted by atomic mass is 10.1. The first-order valence-electron chi connectivity index (χ1n) is 5.92. The van der Waals surface area contributed by atoms with Gasteiger partial charge in [0.05, 0.1) is 12.7 Å². The van der Waals surface area contributed by atoms with E-state index in [1.807, 2.05) is 6.07 Å². The molecule has 0 atom stereocenters. The molecule has 0 fully saturated rings. The van der Waals surface area contributed by atoms with Gasteiger partial charge in [-0.15, -0.1) is 0 Å². The summed E-state index contributed by atoms with van der Waals surface area (Å²) in [6, 6.07) is 8.34. The second kappa shape index (κ2) is 6.25. The molecule has 2 rings (SSSR count). The van der Waals surface area contributed by atoms with Crippen LogP contribution in [-0.2, 0) is 6.54 Å². The van der Waals surface area contributed by atoms with E-state index in [1.54, 1.807) is 37.6 Å². The normalized spacial score (nSPS) is 10.1. The maximum Gasteiger partial charge on any atom is 0.253 e. The number of hydrogen-bond acceptors (Lipinski definition) is 4. The molecule has 0 aliphatic carbocycles. The molecule has 5 nitrogen and oxygen atoms in total. The Morgan fingerprint density at radius 3 is 2.85 bits per heavy atom. The molecule has 6 heteroatoms. The van der Waals surface area contributed by atoms with Gasteiger partial charge < -0.3 is 15.8 Å². The van der Waals surface area contributed by atoms with Gasteiger partial charge in [0.25, 0.3) is 5.91 Å². The summed E-state index contributed by atoms with van der Waals surface area (Å²) in [6.45, 7) is 0.349. The molecule has 1 heterocycles. The third-order valence-electron chi connectivity index (χ3n) is 2.72. The number of methoxy groups -OCH3 is 1. The Hall–Kier alpha value is -2.27. The van der Waals surface area contributed by atoms with Crippen LogP contribution in [0.2, 0.25) is 5.02 Å². The third-order valence-corrected chi connectivity index (χ3v) is 2.95. The second-order valence-corrected chi connectivity index (χ2v) is 4.56. The number of carbonyl (C=O) groups excluding carboxylic acids is 1. The summed E-state index contributed by atoms with van der Waals surface area (Å²) in [5.41, 5.74) is 7.36. The van der Waals surface area contributed by atoms with Gasteiger partial charge in [0, 0.05) is 29.5 Å². The molecule has 0 saturated carbocycles. The fraction of sp³-hybridized carbons (Fsp3) is 0.143. The summed E-state index contributed by atoms with van der Waals surface area (Å²) < 4.78 is 4.96. The first kappa shape index (κ1) is 14.1. The molecule has 1 amide bonds. The minimum Gasteiger partial charge on any atom is -0.481 e. The first-order chi connectivity index (χ1) is 9.60. The number of amides is 1. The van der Waals surface area contributed by atoms with Gasteiger partial charge in [0.15, 0.2) is 0 Å². The van der Waals surface area contributed by atoms with Gasteiger partial charge in [-0.2, -0.15) is 0 Å². The van der Waals surface area contributed by atoms with Crippen LogP contribution in [0.15, 0.2) is 36.5 Å². The number of nitrogens with one attached hydrogen (secondary N) is 1. The number of carbonyl (C=O) groups is 1. The van der Waals surface area contributed by atoms with Gasteiger partial charge in [0.1, 0.15) is 0 Å². The number of pyridine rings is 1. The number of nitrogens with zero attached hydrogens (tertiary/aromatic N) is 1. The van der Waals surface area contributed by atoms with Crippen molar-refractivity contribution in [3.8, 4) is 5.88 Å². The van der Waals surface area contributed by atoms with Crippen LogP contribution in [0, 0.1) is 0 Å². The molecule has 0 aliphatic heterocycles. The summed E-state index contributed by atoms with van der Waals surface area (Å²) in [7, 11) is 1.55. The van der Waals surface area contributed by atoms with E-state index in [1.165, 1.54) is 0 Å². The Bertz CT molecular complexity index is 614. The van der Waals surface area contributed by atoms with Gasteiger partial charge in [-0.05, 0) is 23.8 Å². The maximum absolute atomic E-state index is 12.0. The van der Waals surface area contributed by atoms with E-state index in [-0.39, 0.29) is 5.91 Å².